The van der Waals surface area contributed by atoms with Gasteiger partial charge in [0.2, 0.25) is 0 Å². The van der Waals surface area contributed by atoms with Crippen molar-refractivity contribution < 1.29 is 14.3 Å². The fourth-order valence-corrected chi connectivity index (χ4v) is 3.93. The van der Waals surface area contributed by atoms with Crippen LogP contribution in [-0.2, 0) is 13.1 Å². The third-order valence-corrected chi connectivity index (χ3v) is 5.51. The molecule has 8 nitrogen and oxygen atoms in total. The first-order valence-corrected chi connectivity index (χ1v) is 10.5. The maximum Gasteiger partial charge on any atom is 0.255 e. The van der Waals surface area contributed by atoms with Crippen LogP contribution in [0.5, 0.6) is 11.5 Å². The van der Waals surface area contributed by atoms with E-state index in [0.717, 1.165) is 23.3 Å². The first-order chi connectivity index (χ1) is 15.7. The number of benzene rings is 1. The van der Waals surface area contributed by atoms with Crippen molar-refractivity contribution in [3.63, 3.8) is 0 Å². The normalized spacial score (nSPS) is 13.7. The van der Waals surface area contributed by atoms with Gasteiger partial charge in [-0.3, -0.25) is 9.78 Å². The summed E-state index contributed by atoms with van der Waals surface area (Å²) in [7, 11) is 1.62. The van der Waals surface area contributed by atoms with Gasteiger partial charge in [-0.25, -0.2) is 9.97 Å². The van der Waals surface area contributed by atoms with Crippen molar-refractivity contribution in [2.24, 2.45) is 0 Å². The highest BCUT2D eigenvalue weighted by Gasteiger charge is 2.22. The van der Waals surface area contributed by atoms with E-state index in [1.807, 2.05) is 45.9 Å². The molecule has 5 rings (SSSR count). The van der Waals surface area contributed by atoms with Gasteiger partial charge in [0.25, 0.3) is 5.91 Å². The lowest BCUT2D eigenvalue weighted by molar-refractivity contribution is 0.0721. The molecule has 0 fully saturated rings. The number of para-hydroxylation sites is 1. The summed E-state index contributed by atoms with van der Waals surface area (Å²) < 4.78 is 13.3. The van der Waals surface area contributed by atoms with Crippen molar-refractivity contribution in [2.45, 2.75) is 19.5 Å². The Morgan fingerprint density at radius 3 is 2.94 bits per heavy atom. The Hall–Kier alpha value is -3.94. The number of carbonyl (C=O) groups excluding carboxylic acids is 1. The average Bonchev–Trinajstić information content (AvgIpc) is 3.21. The van der Waals surface area contributed by atoms with Crippen LogP contribution in [0.1, 0.15) is 28.0 Å². The van der Waals surface area contributed by atoms with Crippen LogP contribution in [0.2, 0.25) is 0 Å². The molecule has 1 amide bonds. The lowest BCUT2D eigenvalue weighted by Gasteiger charge is -2.27. The second-order valence-electron chi connectivity index (χ2n) is 7.64. The minimum absolute atomic E-state index is 0.0747. The molecule has 0 atom stereocenters. The molecular formula is C24H23N5O3. The molecule has 4 heterocycles. The number of hydrogen-bond acceptors (Lipinski definition) is 6. The molecule has 8 heteroatoms. The number of carbonyl (C=O) groups is 1. The number of aromatic nitrogens is 4. The number of methoxy groups -OCH3 is 1. The molecule has 0 radical (unpaired) electrons. The van der Waals surface area contributed by atoms with Crippen molar-refractivity contribution in [1.82, 2.24) is 24.4 Å². The van der Waals surface area contributed by atoms with Gasteiger partial charge in [-0.15, -0.1) is 0 Å². The molecule has 4 aromatic rings. The first-order valence-electron chi connectivity index (χ1n) is 10.5. The summed E-state index contributed by atoms with van der Waals surface area (Å²) in [5, 5.41) is 0. The predicted octanol–water partition coefficient (Wildman–Crippen LogP) is 3.31. The van der Waals surface area contributed by atoms with Crippen molar-refractivity contribution in [1.29, 1.82) is 0 Å². The van der Waals surface area contributed by atoms with Gasteiger partial charge in [-0.05, 0) is 30.7 Å². The second kappa shape index (κ2) is 8.66. The van der Waals surface area contributed by atoms with E-state index in [4.69, 9.17) is 9.47 Å². The van der Waals surface area contributed by atoms with E-state index < -0.39 is 0 Å². The number of nitrogens with zero attached hydrogens (tertiary/aromatic N) is 5. The zero-order chi connectivity index (χ0) is 21.9. The van der Waals surface area contributed by atoms with Crippen molar-refractivity contribution in [2.75, 3.05) is 20.3 Å². The van der Waals surface area contributed by atoms with Gasteiger partial charge in [0.1, 0.15) is 5.52 Å². The van der Waals surface area contributed by atoms with Crippen LogP contribution in [0, 0.1) is 0 Å². The monoisotopic (exact) mass is 429 g/mol. The van der Waals surface area contributed by atoms with Crippen molar-refractivity contribution >= 4 is 17.1 Å². The van der Waals surface area contributed by atoms with Crippen LogP contribution < -0.4 is 9.47 Å². The number of imidazole rings is 1. The van der Waals surface area contributed by atoms with Crippen LogP contribution in [0.15, 0.2) is 61.2 Å². The highest BCUT2D eigenvalue weighted by atomic mass is 16.5. The molecule has 0 saturated carbocycles. The standard InChI is InChI=1S/C24H23N5O3/c1-31-21-8-4-6-17-14-28(10-5-11-32-22(17)21)24(30)18-12-20-23(26-13-18)29(16-27-20)15-19-7-2-3-9-25-19/h2-4,6-9,12-13,16H,5,10-11,14-15H2,1H3. The number of ether oxygens (including phenoxy) is 2. The number of hydrogen-bond donors (Lipinski definition) is 0. The second-order valence-corrected chi connectivity index (χ2v) is 7.64. The molecule has 0 aliphatic carbocycles. The molecule has 0 N–H and O–H groups in total. The van der Waals surface area contributed by atoms with E-state index >= 15 is 0 Å². The van der Waals surface area contributed by atoms with E-state index in [2.05, 4.69) is 15.0 Å². The molecule has 162 valence electrons. The van der Waals surface area contributed by atoms with E-state index in [1.54, 1.807) is 31.9 Å². The SMILES string of the molecule is COc1cccc2c1OCCCN(C(=O)c1cnc3c(c1)ncn3Cc1ccccn1)C2. The summed E-state index contributed by atoms with van der Waals surface area (Å²) in [6.07, 6.45) is 5.86. The van der Waals surface area contributed by atoms with Gasteiger partial charge in [0, 0.05) is 31.0 Å². The smallest absolute Gasteiger partial charge is 0.255 e. The lowest BCUT2D eigenvalue weighted by atomic mass is 10.1. The fraction of sp³-hybridized carbons (Fsp3) is 0.250. The quantitative estimate of drug-likeness (QED) is 0.495. The van der Waals surface area contributed by atoms with Crippen LogP contribution in [0.3, 0.4) is 0 Å². The Labute approximate surface area is 185 Å². The van der Waals surface area contributed by atoms with Crippen LogP contribution >= 0.6 is 0 Å². The van der Waals surface area contributed by atoms with Gasteiger partial charge >= 0.3 is 0 Å². The van der Waals surface area contributed by atoms with Gasteiger partial charge in [-0.2, -0.15) is 0 Å². The third-order valence-electron chi connectivity index (χ3n) is 5.51. The maximum atomic E-state index is 13.3. The predicted molar refractivity (Wildman–Crippen MR) is 119 cm³/mol. The maximum absolute atomic E-state index is 13.3. The molecule has 32 heavy (non-hydrogen) atoms. The molecule has 3 aromatic heterocycles. The van der Waals surface area contributed by atoms with Gasteiger partial charge in [0.15, 0.2) is 17.1 Å². The van der Waals surface area contributed by atoms with Gasteiger partial charge < -0.3 is 18.9 Å². The summed E-state index contributed by atoms with van der Waals surface area (Å²) in [6, 6.07) is 13.3. The van der Waals surface area contributed by atoms with Crippen LogP contribution in [0.25, 0.3) is 11.2 Å². The Bertz CT molecular complexity index is 1260. The molecule has 1 aliphatic rings. The summed E-state index contributed by atoms with van der Waals surface area (Å²) in [5.74, 6) is 1.31. The molecule has 0 bridgehead atoms. The molecule has 1 aromatic carbocycles. The van der Waals surface area contributed by atoms with E-state index in [9.17, 15) is 4.79 Å². The molecule has 0 unspecified atom stereocenters. The van der Waals surface area contributed by atoms with Gasteiger partial charge in [0.05, 0.1) is 37.8 Å². The zero-order valence-electron chi connectivity index (χ0n) is 17.8. The zero-order valence-corrected chi connectivity index (χ0v) is 17.8. The number of pyridine rings is 2. The Balaban J connectivity index is 1.40. The van der Waals surface area contributed by atoms with Gasteiger partial charge in [-0.1, -0.05) is 18.2 Å². The van der Waals surface area contributed by atoms with Crippen LogP contribution in [0.4, 0.5) is 0 Å². The summed E-state index contributed by atoms with van der Waals surface area (Å²) in [5.41, 5.74) is 3.77. The van der Waals surface area contributed by atoms with E-state index in [-0.39, 0.29) is 5.91 Å². The van der Waals surface area contributed by atoms with E-state index in [0.29, 0.717) is 48.8 Å². The minimum Gasteiger partial charge on any atom is -0.493 e. The van der Waals surface area contributed by atoms with Crippen LogP contribution in [-0.4, -0.2) is 50.6 Å². The number of rotatable bonds is 4. The first kappa shape index (κ1) is 20.0. The molecule has 0 spiro atoms. The fourth-order valence-electron chi connectivity index (χ4n) is 3.93. The topological polar surface area (TPSA) is 82.4 Å². The molecule has 1 aliphatic heterocycles. The number of amides is 1. The summed E-state index contributed by atoms with van der Waals surface area (Å²) >= 11 is 0. The molecule has 0 saturated heterocycles. The van der Waals surface area contributed by atoms with Crippen molar-refractivity contribution in [3.05, 3.63) is 78.0 Å². The highest BCUT2D eigenvalue weighted by molar-refractivity contribution is 5.96. The van der Waals surface area contributed by atoms with Crippen molar-refractivity contribution in [3.8, 4) is 11.5 Å². The summed E-state index contributed by atoms with van der Waals surface area (Å²) in [4.78, 5) is 28.5. The Morgan fingerprint density at radius 1 is 1.16 bits per heavy atom. The largest absolute Gasteiger partial charge is 0.493 e. The Kier molecular flexibility index (Phi) is 5.41. The van der Waals surface area contributed by atoms with E-state index in [1.165, 1.54) is 0 Å². The lowest BCUT2D eigenvalue weighted by Crippen LogP contribution is -2.33. The third kappa shape index (κ3) is 3.87. The average molecular weight is 429 g/mol. The number of fused-ring (bicyclic) bond motifs is 2. The summed E-state index contributed by atoms with van der Waals surface area (Å²) in [6.45, 7) is 2.13. The Morgan fingerprint density at radius 2 is 2.09 bits per heavy atom. The molecular weight excluding hydrogens is 406 g/mol. The highest BCUT2D eigenvalue weighted by Crippen LogP contribution is 2.33. The minimum atomic E-state index is -0.0747.